The molecule has 0 spiro atoms. The average molecular weight is 412 g/mol. The van der Waals surface area contributed by atoms with Gasteiger partial charge in [-0.3, -0.25) is 24.1 Å². The van der Waals surface area contributed by atoms with Crippen LogP contribution in [0.15, 0.2) is 0 Å². The number of likely N-dealkylation sites (N-methyl/N-ethyl adjacent to an activating group) is 1. The third-order valence-electron chi connectivity index (χ3n) is 3.55. The highest BCUT2D eigenvalue weighted by Gasteiger charge is 2.52. The van der Waals surface area contributed by atoms with Crippen molar-refractivity contribution in [3.05, 3.63) is 0 Å². The summed E-state index contributed by atoms with van der Waals surface area (Å²) in [6.45, 7) is 4.53. The van der Waals surface area contributed by atoms with Gasteiger partial charge in [-0.15, -0.1) is 12.4 Å². The molecule has 1 aliphatic heterocycles. The quantitative estimate of drug-likeness (QED) is 0.438. The maximum Gasteiger partial charge on any atom is 0.304 e. The standard InChI is InChI=1S/C16H25NO9.ClH/c1-8(18)22-7-12-14(23-9(2)19)15(24-10(3)20)13(17(5)6)16(26-12)25-11(4)21;/h12-16H,7H2,1-6H3;1H/t12?,13?,14-,15-,16+;/m0./s1. The van der Waals surface area contributed by atoms with Gasteiger partial charge in [0.2, 0.25) is 6.29 Å². The molecule has 0 aromatic rings. The van der Waals surface area contributed by atoms with Gasteiger partial charge in [-0.05, 0) is 14.1 Å². The molecule has 1 rings (SSSR count). The third kappa shape index (κ3) is 7.69. The van der Waals surface area contributed by atoms with Crippen LogP contribution in [0, 0.1) is 0 Å². The fourth-order valence-electron chi connectivity index (χ4n) is 2.69. The minimum atomic E-state index is -1.13. The Morgan fingerprint density at radius 2 is 1.30 bits per heavy atom. The highest BCUT2D eigenvalue weighted by Crippen LogP contribution is 2.30. The van der Waals surface area contributed by atoms with Gasteiger partial charge in [-0.2, -0.15) is 0 Å². The van der Waals surface area contributed by atoms with Crippen molar-refractivity contribution in [2.75, 3.05) is 20.7 Å². The van der Waals surface area contributed by atoms with Crippen LogP contribution in [0.1, 0.15) is 27.7 Å². The molecule has 0 aliphatic carbocycles. The Labute approximate surface area is 163 Å². The van der Waals surface area contributed by atoms with E-state index >= 15 is 0 Å². The molecule has 5 atom stereocenters. The van der Waals surface area contributed by atoms with E-state index in [0.29, 0.717) is 0 Å². The number of halogens is 1. The summed E-state index contributed by atoms with van der Waals surface area (Å²) >= 11 is 0. The molecule has 11 heteroatoms. The van der Waals surface area contributed by atoms with Crippen LogP contribution in [-0.2, 0) is 42.9 Å². The number of esters is 4. The van der Waals surface area contributed by atoms with Crippen LogP contribution >= 0.6 is 12.4 Å². The van der Waals surface area contributed by atoms with Gasteiger partial charge in [0.15, 0.2) is 12.2 Å². The zero-order chi connectivity index (χ0) is 20.0. The van der Waals surface area contributed by atoms with Crippen LogP contribution in [-0.4, -0.2) is 80.1 Å². The van der Waals surface area contributed by atoms with Crippen LogP contribution in [0.4, 0.5) is 0 Å². The molecule has 2 unspecified atom stereocenters. The molecule has 156 valence electrons. The molecule has 1 aliphatic rings. The van der Waals surface area contributed by atoms with Gasteiger partial charge in [0.05, 0.1) is 0 Å². The first-order valence-corrected chi connectivity index (χ1v) is 7.99. The van der Waals surface area contributed by atoms with Gasteiger partial charge in [-0.1, -0.05) is 0 Å². The lowest BCUT2D eigenvalue weighted by Crippen LogP contribution is -2.65. The van der Waals surface area contributed by atoms with Crippen molar-refractivity contribution in [3.8, 4) is 0 Å². The number of carbonyl (C=O) groups is 4. The largest absolute Gasteiger partial charge is 0.463 e. The Morgan fingerprint density at radius 3 is 1.70 bits per heavy atom. The van der Waals surface area contributed by atoms with Crippen molar-refractivity contribution < 1.29 is 42.9 Å². The molecule has 0 N–H and O–H groups in total. The number of nitrogens with zero attached hydrogens (tertiary/aromatic N) is 1. The summed E-state index contributed by atoms with van der Waals surface area (Å²) in [5, 5.41) is 0. The summed E-state index contributed by atoms with van der Waals surface area (Å²) in [5.74, 6) is -2.43. The number of ether oxygens (including phenoxy) is 5. The first-order valence-electron chi connectivity index (χ1n) is 7.99. The SMILES string of the molecule is CC(=O)OCC1O[C@@H](OC(C)=O)C(N(C)C)[C@H](OC(C)=O)[C@H]1OC(C)=O.Cl. The molecule has 27 heavy (non-hydrogen) atoms. The van der Waals surface area contributed by atoms with E-state index in [1.54, 1.807) is 19.0 Å². The van der Waals surface area contributed by atoms with E-state index in [1.807, 2.05) is 0 Å². The van der Waals surface area contributed by atoms with Gasteiger partial charge in [0.1, 0.15) is 18.8 Å². The molecule has 0 radical (unpaired) electrons. The number of carbonyl (C=O) groups excluding carboxylic acids is 4. The van der Waals surface area contributed by atoms with E-state index in [-0.39, 0.29) is 19.0 Å². The maximum atomic E-state index is 11.6. The molecular weight excluding hydrogens is 386 g/mol. The Kier molecular flexibility index (Phi) is 10.3. The average Bonchev–Trinajstić information content (AvgIpc) is 2.45. The smallest absolute Gasteiger partial charge is 0.304 e. The minimum absolute atomic E-state index is 0. The molecule has 1 saturated heterocycles. The van der Waals surface area contributed by atoms with Crippen molar-refractivity contribution in [1.29, 1.82) is 0 Å². The van der Waals surface area contributed by atoms with Gasteiger partial charge >= 0.3 is 23.9 Å². The summed E-state index contributed by atoms with van der Waals surface area (Å²) < 4.78 is 26.5. The van der Waals surface area contributed by atoms with E-state index < -0.39 is 54.5 Å². The number of hydrogen-bond acceptors (Lipinski definition) is 10. The minimum Gasteiger partial charge on any atom is -0.463 e. The molecule has 1 heterocycles. The van der Waals surface area contributed by atoms with Crippen LogP contribution in [0.5, 0.6) is 0 Å². The monoisotopic (exact) mass is 411 g/mol. The third-order valence-corrected chi connectivity index (χ3v) is 3.55. The van der Waals surface area contributed by atoms with E-state index in [4.69, 9.17) is 23.7 Å². The van der Waals surface area contributed by atoms with Crippen molar-refractivity contribution in [3.63, 3.8) is 0 Å². The highest BCUT2D eigenvalue weighted by atomic mass is 35.5. The lowest BCUT2D eigenvalue weighted by Gasteiger charge is -2.46. The fourth-order valence-corrected chi connectivity index (χ4v) is 2.69. The normalized spacial score (nSPS) is 27.1. The predicted molar refractivity (Wildman–Crippen MR) is 92.9 cm³/mol. The van der Waals surface area contributed by atoms with Crippen LogP contribution in [0.25, 0.3) is 0 Å². The molecule has 10 nitrogen and oxygen atoms in total. The zero-order valence-corrected chi connectivity index (χ0v) is 16.9. The van der Waals surface area contributed by atoms with Crippen molar-refractivity contribution in [2.24, 2.45) is 0 Å². The Bertz CT molecular complexity index is 554. The predicted octanol–water partition coefficient (Wildman–Crippen LogP) is 0.0529. The topological polar surface area (TPSA) is 118 Å². The van der Waals surface area contributed by atoms with Gasteiger partial charge in [-0.25, -0.2) is 0 Å². The summed E-state index contributed by atoms with van der Waals surface area (Å²) in [7, 11) is 3.33. The Balaban J connectivity index is 0.00000676. The molecule has 1 fully saturated rings. The van der Waals surface area contributed by atoms with E-state index in [0.717, 1.165) is 0 Å². The highest BCUT2D eigenvalue weighted by molar-refractivity contribution is 5.85. The lowest BCUT2D eigenvalue weighted by atomic mass is 9.95. The number of hydrogen-bond donors (Lipinski definition) is 0. The molecule has 0 saturated carbocycles. The summed E-state index contributed by atoms with van der Waals surface area (Å²) in [4.78, 5) is 47.3. The lowest BCUT2D eigenvalue weighted by molar-refractivity contribution is -0.282. The summed E-state index contributed by atoms with van der Waals surface area (Å²) in [5.41, 5.74) is 0. The zero-order valence-electron chi connectivity index (χ0n) is 16.1. The van der Waals surface area contributed by atoms with Crippen LogP contribution < -0.4 is 0 Å². The fraction of sp³-hybridized carbons (Fsp3) is 0.750. The molecular formula is C16H26ClNO9. The van der Waals surface area contributed by atoms with Crippen molar-refractivity contribution in [2.45, 2.75) is 58.3 Å². The van der Waals surface area contributed by atoms with Crippen molar-refractivity contribution >= 4 is 36.3 Å². The molecule has 0 aromatic heterocycles. The second-order valence-electron chi connectivity index (χ2n) is 6.06. The first-order chi connectivity index (χ1) is 12.0. The summed E-state index contributed by atoms with van der Waals surface area (Å²) in [6.07, 6.45) is -4.19. The van der Waals surface area contributed by atoms with Crippen LogP contribution in [0.2, 0.25) is 0 Å². The van der Waals surface area contributed by atoms with Gasteiger partial charge in [0, 0.05) is 27.7 Å². The molecule has 0 aromatic carbocycles. The Hall–Kier alpha value is -1.91. The number of rotatable bonds is 6. The van der Waals surface area contributed by atoms with Gasteiger partial charge in [0.25, 0.3) is 0 Å². The second-order valence-corrected chi connectivity index (χ2v) is 6.06. The Morgan fingerprint density at radius 1 is 0.815 bits per heavy atom. The molecule has 0 bridgehead atoms. The van der Waals surface area contributed by atoms with E-state index in [9.17, 15) is 19.2 Å². The van der Waals surface area contributed by atoms with E-state index in [2.05, 4.69) is 0 Å². The first kappa shape index (κ1) is 25.1. The van der Waals surface area contributed by atoms with Crippen molar-refractivity contribution in [1.82, 2.24) is 4.90 Å². The summed E-state index contributed by atoms with van der Waals surface area (Å²) in [6, 6.07) is -0.749. The maximum absolute atomic E-state index is 11.6. The van der Waals surface area contributed by atoms with Gasteiger partial charge < -0.3 is 23.7 Å². The molecule has 0 amide bonds. The second kappa shape index (κ2) is 11.1. The van der Waals surface area contributed by atoms with Crippen LogP contribution in [0.3, 0.4) is 0 Å². The van der Waals surface area contributed by atoms with E-state index in [1.165, 1.54) is 27.7 Å².